The van der Waals surface area contributed by atoms with E-state index in [9.17, 15) is 4.79 Å². The predicted molar refractivity (Wildman–Crippen MR) is 75.0 cm³/mol. The van der Waals surface area contributed by atoms with Crippen molar-refractivity contribution in [3.63, 3.8) is 0 Å². The fourth-order valence-corrected chi connectivity index (χ4v) is 2.70. The number of aryl methyl sites for hydroxylation is 1. The summed E-state index contributed by atoms with van der Waals surface area (Å²) in [5, 5.41) is 3.01. The third kappa shape index (κ3) is 3.37. The second-order valence-electron chi connectivity index (χ2n) is 5.38. The summed E-state index contributed by atoms with van der Waals surface area (Å²) in [6.07, 6.45) is 3.10. The highest BCUT2D eigenvalue weighted by Crippen LogP contribution is 2.15. The fourth-order valence-electron chi connectivity index (χ4n) is 2.70. The molecule has 0 unspecified atom stereocenters. The number of carbonyl (C=O) groups excluding carboxylic acids is 1. The number of rotatable bonds is 3. The van der Waals surface area contributed by atoms with Crippen molar-refractivity contribution in [1.82, 2.24) is 20.2 Å². The summed E-state index contributed by atoms with van der Waals surface area (Å²) < 4.78 is 10.9. The Kier molecular flexibility index (Phi) is 4.42. The van der Waals surface area contributed by atoms with Crippen molar-refractivity contribution in [3.05, 3.63) is 23.8 Å². The molecule has 7 nitrogen and oxygen atoms in total. The van der Waals surface area contributed by atoms with E-state index in [-0.39, 0.29) is 18.0 Å². The second-order valence-corrected chi connectivity index (χ2v) is 5.38. The van der Waals surface area contributed by atoms with E-state index < -0.39 is 0 Å². The highest BCUT2D eigenvalue weighted by atomic mass is 16.5. The number of amides is 1. The van der Waals surface area contributed by atoms with Crippen LogP contribution in [0.4, 0.5) is 0 Å². The minimum absolute atomic E-state index is 0.0151. The second kappa shape index (κ2) is 6.46. The van der Waals surface area contributed by atoms with Crippen molar-refractivity contribution in [2.75, 3.05) is 39.5 Å². The number of aromatic nitrogens is 2. The molecule has 7 heteroatoms. The Morgan fingerprint density at radius 3 is 2.76 bits per heavy atom. The maximum atomic E-state index is 12.2. The standard InChI is InChI=1S/C14H20N4O3/c1-10-6-16-11(7-15-10)14(19)17-12-8-21-9-13(12)18-2-4-20-5-3-18/h6-7,12-13H,2-5,8-9H2,1H3,(H,17,19)/t12-,13-/m0/s1. The van der Waals surface area contributed by atoms with Crippen LogP contribution >= 0.6 is 0 Å². The average molecular weight is 292 g/mol. The van der Waals surface area contributed by atoms with Gasteiger partial charge in [0.25, 0.3) is 5.91 Å². The minimum Gasteiger partial charge on any atom is -0.379 e. The van der Waals surface area contributed by atoms with Gasteiger partial charge in [0.2, 0.25) is 0 Å². The Balaban J connectivity index is 1.62. The molecule has 0 radical (unpaired) electrons. The molecule has 0 bridgehead atoms. The first-order chi connectivity index (χ1) is 10.2. The van der Waals surface area contributed by atoms with Crippen molar-refractivity contribution in [3.8, 4) is 0 Å². The van der Waals surface area contributed by atoms with Crippen LogP contribution in [0, 0.1) is 6.92 Å². The lowest BCUT2D eigenvalue weighted by Gasteiger charge is -2.34. The first-order valence-electron chi connectivity index (χ1n) is 7.23. The molecular weight excluding hydrogens is 272 g/mol. The maximum Gasteiger partial charge on any atom is 0.271 e. The van der Waals surface area contributed by atoms with E-state index in [4.69, 9.17) is 9.47 Å². The number of nitrogens with one attached hydrogen (secondary N) is 1. The van der Waals surface area contributed by atoms with E-state index in [2.05, 4.69) is 20.2 Å². The van der Waals surface area contributed by atoms with Gasteiger partial charge in [-0.25, -0.2) is 4.98 Å². The van der Waals surface area contributed by atoms with Crippen molar-refractivity contribution < 1.29 is 14.3 Å². The number of hydrogen-bond donors (Lipinski definition) is 1. The molecule has 0 aromatic carbocycles. The molecule has 2 atom stereocenters. The molecule has 21 heavy (non-hydrogen) atoms. The average Bonchev–Trinajstić information content (AvgIpc) is 2.97. The fraction of sp³-hybridized carbons (Fsp3) is 0.643. The van der Waals surface area contributed by atoms with Crippen LogP contribution in [0.2, 0.25) is 0 Å². The maximum absolute atomic E-state index is 12.2. The lowest BCUT2D eigenvalue weighted by atomic mass is 10.1. The molecule has 3 heterocycles. The minimum atomic E-state index is -0.198. The van der Waals surface area contributed by atoms with Crippen LogP contribution in [0.3, 0.4) is 0 Å². The summed E-state index contributed by atoms with van der Waals surface area (Å²) in [6, 6.07) is 0.190. The van der Waals surface area contributed by atoms with Crippen molar-refractivity contribution in [1.29, 1.82) is 0 Å². The third-order valence-corrected chi connectivity index (χ3v) is 3.90. The van der Waals surface area contributed by atoms with Gasteiger partial charge in [-0.2, -0.15) is 0 Å². The summed E-state index contributed by atoms with van der Waals surface area (Å²) in [6.45, 7) is 6.25. The van der Waals surface area contributed by atoms with Crippen LogP contribution in [0.15, 0.2) is 12.4 Å². The molecule has 1 aromatic heterocycles. The molecule has 2 fully saturated rings. The molecule has 0 saturated carbocycles. The molecule has 2 saturated heterocycles. The predicted octanol–water partition coefficient (Wildman–Crippen LogP) is -0.386. The topological polar surface area (TPSA) is 76.6 Å². The quantitative estimate of drug-likeness (QED) is 0.818. The number of ether oxygens (including phenoxy) is 2. The molecule has 1 aromatic rings. The zero-order chi connectivity index (χ0) is 14.7. The van der Waals surface area contributed by atoms with Gasteiger partial charge in [0.05, 0.1) is 50.4 Å². The van der Waals surface area contributed by atoms with Gasteiger partial charge in [-0.15, -0.1) is 0 Å². The molecular formula is C14H20N4O3. The molecule has 2 aliphatic rings. The number of nitrogens with zero attached hydrogens (tertiary/aromatic N) is 3. The first-order valence-corrected chi connectivity index (χ1v) is 7.23. The van der Waals surface area contributed by atoms with E-state index in [0.29, 0.717) is 18.9 Å². The van der Waals surface area contributed by atoms with Gasteiger partial charge in [-0.1, -0.05) is 0 Å². The summed E-state index contributed by atoms with van der Waals surface area (Å²) in [7, 11) is 0. The number of morpholine rings is 1. The van der Waals surface area contributed by atoms with Crippen LogP contribution in [0.25, 0.3) is 0 Å². The van der Waals surface area contributed by atoms with E-state index in [1.165, 1.54) is 6.20 Å². The smallest absolute Gasteiger partial charge is 0.271 e. The van der Waals surface area contributed by atoms with E-state index in [1.807, 2.05) is 6.92 Å². The zero-order valence-corrected chi connectivity index (χ0v) is 12.1. The van der Waals surface area contributed by atoms with Crippen LogP contribution in [-0.2, 0) is 9.47 Å². The largest absolute Gasteiger partial charge is 0.379 e. The number of carbonyl (C=O) groups is 1. The summed E-state index contributed by atoms with van der Waals surface area (Å²) in [5.74, 6) is -0.198. The first kappa shape index (κ1) is 14.4. The summed E-state index contributed by atoms with van der Waals surface area (Å²) in [4.78, 5) is 22.8. The van der Waals surface area contributed by atoms with Crippen LogP contribution in [0.5, 0.6) is 0 Å². The number of hydrogen-bond acceptors (Lipinski definition) is 6. The molecule has 0 aliphatic carbocycles. The van der Waals surface area contributed by atoms with Gasteiger partial charge in [0.1, 0.15) is 5.69 Å². The molecule has 3 rings (SSSR count). The Hall–Kier alpha value is -1.57. The third-order valence-electron chi connectivity index (χ3n) is 3.90. The van der Waals surface area contributed by atoms with E-state index >= 15 is 0 Å². The highest BCUT2D eigenvalue weighted by Gasteiger charge is 2.35. The van der Waals surface area contributed by atoms with Crippen molar-refractivity contribution in [2.45, 2.75) is 19.0 Å². The van der Waals surface area contributed by atoms with Crippen LogP contribution in [-0.4, -0.2) is 72.4 Å². The lowest BCUT2D eigenvalue weighted by Crippen LogP contribution is -2.54. The molecule has 1 amide bonds. The molecule has 1 N–H and O–H groups in total. The van der Waals surface area contributed by atoms with Crippen molar-refractivity contribution in [2.24, 2.45) is 0 Å². The lowest BCUT2D eigenvalue weighted by molar-refractivity contribution is 0.0108. The zero-order valence-electron chi connectivity index (χ0n) is 12.1. The van der Waals surface area contributed by atoms with Crippen LogP contribution in [0.1, 0.15) is 16.2 Å². The summed E-state index contributed by atoms with van der Waals surface area (Å²) >= 11 is 0. The Bertz CT molecular complexity index is 487. The Morgan fingerprint density at radius 1 is 1.24 bits per heavy atom. The Labute approximate surface area is 123 Å². The SMILES string of the molecule is Cc1cnc(C(=O)N[C@H]2COC[C@@H]2N2CCOCC2)cn1. The van der Waals surface area contributed by atoms with E-state index in [0.717, 1.165) is 32.0 Å². The molecule has 2 aliphatic heterocycles. The van der Waals surface area contributed by atoms with Gasteiger partial charge in [0, 0.05) is 19.3 Å². The van der Waals surface area contributed by atoms with Gasteiger partial charge in [-0.3, -0.25) is 14.7 Å². The normalized spacial score (nSPS) is 26.7. The molecule has 0 spiro atoms. The van der Waals surface area contributed by atoms with Crippen molar-refractivity contribution >= 4 is 5.91 Å². The monoisotopic (exact) mass is 292 g/mol. The van der Waals surface area contributed by atoms with Gasteiger partial charge < -0.3 is 14.8 Å². The van der Waals surface area contributed by atoms with Gasteiger partial charge >= 0.3 is 0 Å². The Morgan fingerprint density at radius 2 is 2.05 bits per heavy atom. The van der Waals surface area contributed by atoms with Crippen LogP contribution < -0.4 is 5.32 Å². The van der Waals surface area contributed by atoms with Gasteiger partial charge in [0.15, 0.2) is 0 Å². The van der Waals surface area contributed by atoms with Gasteiger partial charge in [-0.05, 0) is 6.92 Å². The summed E-state index contributed by atoms with van der Waals surface area (Å²) in [5.41, 5.74) is 1.13. The van der Waals surface area contributed by atoms with E-state index in [1.54, 1.807) is 6.20 Å². The highest BCUT2D eigenvalue weighted by molar-refractivity contribution is 5.92. The molecule has 114 valence electrons.